The van der Waals surface area contributed by atoms with E-state index in [2.05, 4.69) is 72.6 Å². The van der Waals surface area contributed by atoms with Crippen LogP contribution in [0.3, 0.4) is 0 Å². The number of amides is 2. The molecule has 39 heavy (non-hydrogen) atoms. The molecule has 0 aliphatic carbocycles. The third kappa shape index (κ3) is 5.85. The van der Waals surface area contributed by atoms with Crippen LogP contribution in [0.4, 0.5) is 0 Å². The van der Waals surface area contributed by atoms with Gasteiger partial charge in [0.05, 0.1) is 12.6 Å². The number of nitrogens with one attached hydrogen (secondary N) is 1. The molecule has 2 aliphatic rings. The summed E-state index contributed by atoms with van der Waals surface area (Å²) in [6, 6.07) is 9.17. The number of nitrogens with zero attached hydrogens (tertiary/aromatic N) is 5. The summed E-state index contributed by atoms with van der Waals surface area (Å²) >= 11 is 0. The fourth-order valence-corrected chi connectivity index (χ4v) is 5.45. The predicted octanol–water partition coefficient (Wildman–Crippen LogP) is 5.74. The number of aryl methyl sites for hydroxylation is 1. The Balaban J connectivity index is 1.44. The Kier molecular flexibility index (Phi) is 8.14. The monoisotopic (exact) mass is 532 g/mol. The second-order valence-corrected chi connectivity index (χ2v) is 12.7. The average Bonchev–Trinajstić information content (AvgIpc) is 3.52. The van der Waals surface area contributed by atoms with Crippen molar-refractivity contribution in [2.75, 3.05) is 13.1 Å². The van der Waals surface area contributed by atoms with Crippen molar-refractivity contribution in [1.29, 1.82) is 0 Å². The summed E-state index contributed by atoms with van der Waals surface area (Å²) < 4.78 is 0. The molecule has 0 radical (unpaired) electrons. The molecule has 8 heteroatoms. The van der Waals surface area contributed by atoms with Crippen LogP contribution in [0.15, 0.2) is 53.1 Å². The number of carbonyl (C=O) groups excluding carboxylic acids is 2. The number of hydrogen-bond acceptors (Lipinski definition) is 6. The van der Waals surface area contributed by atoms with Gasteiger partial charge in [0.25, 0.3) is 0 Å². The zero-order valence-electron chi connectivity index (χ0n) is 24.7. The van der Waals surface area contributed by atoms with E-state index in [1.54, 1.807) is 11.1 Å². The molecule has 4 atom stereocenters. The fourth-order valence-electron chi connectivity index (χ4n) is 5.45. The van der Waals surface area contributed by atoms with Crippen LogP contribution in [0.25, 0.3) is 11.1 Å². The minimum atomic E-state index is -0.478. The number of aromatic nitrogens is 1. The van der Waals surface area contributed by atoms with Gasteiger partial charge in [-0.05, 0) is 73.3 Å². The lowest BCUT2D eigenvalue weighted by molar-refractivity contribution is -0.144. The molecule has 8 nitrogen and oxygen atoms in total. The molecule has 210 valence electrons. The Bertz CT molecular complexity index is 1220. The molecule has 0 spiro atoms. The minimum absolute atomic E-state index is 0.0320. The van der Waals surface area contributed by atoms with Crippen molar-refractivity contribution < 1.29 is 9.59 Å². The third-order valence-corrected chi connectivity index (χ3v) is 8.61. The summed E-state index contributed by atoms with van der Waals surface area (Å²) in [5.74, 6) is -0.110. The van der Waals surface area contributed by atoms with E-state index < -0.39 is 12.1 Å². The van der Waals surface area contributed by atoms with Crippen molar-refractivity contribution in [2.45, 2.75) is 91.9 Å². The highest BCUT2D eigenvalue weighted by Gasteiger charge is 2.48. The van der Waals surface area contributed by atoms with Crippen LogP contribution in [-0.2, 0) is 9.59 Å². The standard InChI is InChI=1S/C31H44N6O2/c1-20(2)27(37-19-31(8,34-35-37)30(5,6)7)29(39)36-17-9-10-26(36)28(38)33-22(4)23-11-13-24(14-12-23)25-15-16-32-18-21(25)3/h11-16,18,20,22,26-27H,9-10,17,19H2,1-8H3,(H,33,38)/t22-,26-,27-,31?/m0/s1. The summed E-state index contributed by atoms with van der Waals surface area (Å²) in [5.41, 5.74) is 3.95. The first-order valence-corrected chi connectivity index (χ1v) is 14.1. The Morgan fingerprint density at radius 3 is 2.38 bits per heavy atom. The molecule has 1 aromatic carbocycles. The lowest BCUT2D eigenvalue weighted by Gasteiger charge is -2.38. The maximum absolute atomic E-state index is 13.9. The highest BCUT2D eigenvalue weighted by atomic mass is 16.2. The molecular formula is C31H44N6O2. The highest BCUT2D eigenvalue weighted by molar-refractivity contribution is 5.90. The zero-order valence-corrected chi connectivity index (χ0v) is 24.7. The molecule has 0 bridgehead atoms. The molecule has 2 aliphatic heterocycles. The van der Waals surface area contributed by atoms with Crippen LogP contribution in [0.1, 0.15) is 78.5 Å². The van der Waals surface area contributed by atoms with Gasteiger partial charge in [-0.25, -0.2) is 0 Å². The van der Waals surface area contributed by atoms with Gasteiger partial charge in [0.15, 0.2) is 0 Å². The predicted molar refractivity (Wildman–Crippen MR) is 154 cm³/mol. The molecule has 1 fully saturated rings. The summed E-state index contributed by atoms with van der Waals surface area (Å²) in [7, 11) is 0. The SMILES string of the molecule is Cc1cnccc1-c1ccc([C@H](C)NC(=O)[C@@H]2CCCN2C(=O)[C@H](C(C)C)N2CC(C)(C(C)(C)C)N=N2)cc1. The van der Waals surface area contributed by atoms with E-state index in [1.807, 2.05) is 45.0 Å². The molecule has 2 amide bonds. The molecule has 3 heterocycles. The van der Waals surface area contributed by atoms with E-state index in [9.17, 15) is 9.59 Å². The smallest absolute Gasteiger partial charge is 0.248 e. The van der Waals surface area contributed by atoms with Crippen molar-refractivity contribution in [2.24, 2.45) is 21.7 Å². The first-order valence-electron chi connectivity index (χ1n) is 14.1. The van der Waals surface area contributed by atoms with Gasteiger partial charge in [0.2, 0.25) is 11.8 Å². The molecular weight excluding hydrogens is 488 g/mol. The lowest BCUT2D eigenvalue weighted by Crippen LogP contribution is -2.55. The average molecular weight is 533 g/mol. The van der Waals surface area contributed by atoms with Crippen molar-refractivity contribution in [3.05, 3.63) is 53.9 Å². The van der Waals surface area contributed by atoms with Crippen LogP contribution in [0.2, 0.25) is 0 Å². The molecule has 2 aromatic rings. The zero-order chi connectivity index (χ0) is 28.5. The Morgan fingerprint density at radius 2 is 1.79 bits per heavy atom. The summed E-state index contributed by atoms with van der Waals surface area (Å²) in [6.07, 6.45) is 5.13. The van der Waals surface area contributed by atoms with Gasteiger partial charge in [-0.2, -0.15) is 5.11 Å². The normalized spacial score (nSPS) is 22.8. The van der Waals surface area contributed by atoms with Crippen LogP contribution in [-0.4, -0.2) is 57.4 Å². The lowest BCUT2D eigenvalue weighted by atomic mass is 9.75. The van der Waals surface area contributed by atoms with E-state index in [0.29, 0.717) is 19.5 Å². The largest absolute Gasteiger partial charge is 0.348 e. The quantitative estimate of drug-likeness (QED) is 0.493. The number of pyridine rings is 1. The van der Waals surface area contributed by atoms with Crippen LogP contribution in [0, 0.1) is 18.3 Å². The van der Waals surface area contributed by atoms with Gasteiger partial charge in [-0.15, -0.1) is 0 Å². The van der Waals surface area contributed by atoms with E-state index in [-0.39, 0.29) is 34.7 Å². The van der Waals surface area contributed by atoms with E-state index in [1.165, 1.54) is 0 Å². The third-order valence-electron chi connectivity index (χ3n) is 8.61. The second-order valence-electron chi connectivity index (χ2n) is 12.7. The van der Waals surface area contributed by atoms with Crippen molar-refractivity contribution in [3.8, 4) is 11.1 Å². The molecule has 4 rings (SSSR count). The summed E-state index contributed by atoms with van der Waals surface area (Å²) in [4.78, 5) is 33.3. The van der Waals surface area contributed by atoms with Crippen LogP contribution in [0.5, 0.6) is 0 Å². The van der Waals surface area contributed by atoms with E-state index in [0.717, 1.165) is 28.7 Å². The van der Waals surface area contributed by atoms with Gasteiger partial charge >= 0.3 is 0 Å². The molecule has 1 saturated heterocycles. The molecule has 1 unspecified atom stereocenters. The summed E-state index contributed by atoms with van der Waals surface area (Å²) in [5, 5.41) is 14.1. The first-order chi connectivity index (χ1) is 18.3. The Labute approximate surface area is 233 Å². The number of hydrogen-bond donors (Lipinski definition) is 1. The van der Waals surface area contributed by atoms with Gasteiger partial charge in [-0.3, -0.25) is 19.6 Å². The maximum atomic E-state index is 13.9. The van der Waals surface area contributed by atoms with Crippen molar-refractivity contribution >= 4 is 11.8 Å². The maximum Gasteiger partial charge on any atom is 0.248 e. The van der Waals surface area contributed by atoms with E-state index in [4.69, 9.17) is 0 Å². The van der Waals surface area contributed by atoms with Gasteiger partial charge in [-0.1, -0.05) is 64.1 Å². The van der Waals surface area contributed by atoms with Crippen molar-refractivity contribution in [3.63, 3.8) is 0 Å². The first kappa shape index (κ1) is 28.7. The number of benzene rings is 1. The Hall–Kier alpha value is -3.29. The fraction of sp³-hybridized carbons (Fsp3) is 0.581. The van der Waals surface area contributed by atoms with Crippen LogP contribution >= 0.6 is 0 Å². The number of rotatable bonds is 7. The minimum Gasteiger partial charge on any atom is -0.348 e. The van der Waals surface area contributed by atoms with E-state index >= 15 is 0 Å². The van der Waals surface area contributed by atoms with Gasteiger partial charge in [0.1, 0.15) is 17.6 Å². The highest BCUT2D eigenvalue weighted by Crippen LogP contribution is 2.39. The molecule has 1 aromatic heterocycles. The van der Waals surface area contributed by atoms with Crippen LogP contribution < -0.4 is 5.32 Å². The Morgan fingerprint density at radius 1 is 1.10 bits per heavy atom. The number of likely N-dealkylation sites (tertiary alicyclic amines) is 1. The summed E-state index contributed by atoms with van der Waals surface area (Å²) in [6.45, 7) is 17.8. The van der Waals surface area contributed by atoms with Gasteiger partial charge in [0, 0.05) is 18.9 Å². The molecule has 1 N–H and O–H groups in total. The van der Waals surface area contributed by atoms with Crippen molar-refractivity contribution in [1.82, 2.24) is 20.2 Å². The topological polar surface area (TPSA) is 90.3 Å². The second kappa shape index (κ2) is 11.1. The van der Waals surface area contributed by atoms with Gasteiger partial charge < -0.3 is 10.2 Å². The molecule has 0 saturated carbocycles. The number of carbonyl (C=O) groups is 2.